The lowest BCUT2D eigenvalue weighted by molar-refractivity contribution is -0.141. The minimum Gasteiger partial charge on any atom is -0.218 e. The summed E-state index contributed by atoms with van der Waals surface area (Å²) in [6.07, 6.45) is -1.58. The Morgan fingerprint density at radius 3 is 2.29 bits per heavy atom. The van der Waals surface area contributed by atoms with E-state index in [-0.39, 0.29) is 5.95 Å². The van der Waals surface area contributed by atoms with Gasteiger partial charge >= 0.3 is 6.18 Å². The van der Waals surface area contributed by atoms with E-state index in [1.165, 1.54) is 19.3 Å². The summed E-state index contributed by atoms with van der Waals surface area (Å²) in [5.74, 6) is 0.0983. The zero-order valence-corrected chi connectivity index (χ0v) is 10.1. The quantitative estimate of drug-likeness (QED) is 0.813. The molecule has 4 nitrogen and oxygen atoms in total. The molecular formula is C9H6BrF3N4. The maximum atomic E-state index is 12.4. The SMILES string of the molecule is Cc1cc(C(F)(F)F)nn1-c1ncc(Br)cn1. The van der Waals surface area contributed by atoms with Gasteiger partial charge in [-0.2, -0.15) is 18.3 Å². The Morgan fingerprint density at radius 2 is 1.82 bits per heavy atom. The van der Waals surface area contributed by atoms with Crippen LogP contribution >= 0.6 is 15.9 Å². The lowest BCUT2D eigenvalue weighted by Crippen LogP contribution is -2.09. The molecule has 2 heterocycles. The van der Waals surface area contributed by atoms with Gasteiger partial charge in [-0.05, 0) is 28.9 Å². The van der Waals surface area contributed by atoms with Crippen molar-refractivity contribution in [1.82, 2.24) is 19.7 Å². The molecule has 2 rings (SSSR count). The van der Waals surface area contributed by atoms with Gasteiger partial charge in [0, 0.05) is 18.1 Å². The predicted octanol–water partition coefficient (Wildman–Crippen LogP) is 2.75. The van der Waals surface area contributed by atoms with Crippen LogP contribution in [0.25, 0.3) is 5.95 Å². The number of nitrogens with zero attached hydrogens (tertiary/aromatic N) is 4. The van der Waals surface area contributed by atoms with E-state index in [1.807, 2.05) is 0 Å². The van der Waals surface area contributed by atoms with Crippen LogP contribution in [0.3, 0.4) is 0 Å². The topological polar surface area (TPSA) is 43.6 Å². The van der Waals surface area contributed by atoms with Gasteiger partial charge in [-0.25, -0.2) is 14.6 Å². The van der Waals surface area contributed by atoms with Crippen LogP contribution in [0.5, 0.6) is 0 Å². The van der Waals surface area contributed by atoms with Crippen molar-refractivity contribution in [2.45, 2.75) is 13.1 Å². The second-order valence-corrected chi connectivity index (χ2v) is 4.20. The van der Waals surface area contributed by atoms with Gasteiger partial charge in [-0.15, -0.1) is 0 Å². The molecule has 2 aromatic rings. The first-order valence-electron chi connectivity index (χ1n) is 4.50. The number of halogens is 4. The highest BCUT2D eigenvalue weighted by Crippen LogP contribution is 2.28. The molecule has 0 unspecified atom stereocenters. The van der Waals surface area contributed by atoms with Gasteiger partial charge in [0.15, 0.2) is 5.69 Å². The van der Waals surface area contributed by atoms with Crippen molar-refractivity contribution in [1.29, 1.82) is 0 Å². The molecule has 0 atom stereocenters. The van der Waals surface area contributed by atoms with E-state index >= 15 is 0 Å². The first-order chi connectivity index (χ1) is 7.88. The number of hydrogen-bond acceptors (Lipinski definition) is 3. The molecule has 0 saturated carbocycles. The smallest absolute Gasteiger partial charge is 0.218 e. The largest absolute Gasteiger partial charge is 0.435 e. The number of hydrogen-bond donors (Lipinski definition) is 0. The second kappa shape index (κ2) is 4.10. The van der Waals surface area contributed by atoms with E-state index in [9.17, 15) is 13.2 Å². The van der Waals surface area contributed by atoms with Gasteiger partial charge in [0.2, 0.25) is 0 Å². The monoisotopic (exact) mass is 306 g/mol. The van der Waals surface area contributed by atoms with E-state index < -0.39 is 11.9 Å². The Morgan fingerprint density at radius 1 is 1.24 bits per heavy atom. The molecule has 0 fully saturated rings. The van der Waals surface area contributed by atoms with E-state index in [0.29, 0.717) is 10.2 Å². The number of rotatable bonds is 1. The minimum atomic E-state index is -4.47. The first-order valence-corrected chi connectivity index (χ1v) is 5.29. The van der Waals surface area contributed by atoms with Crippen molar-refractivity contribution in [2.24, 2.45) is 0 Å². The lowest BCUT2D eigenvalue weighted by Gasteiger charge is -2.02. The van der Waals surface area contributed by atoms with Crippen LogP contribution in [-0.2, 0) is 6.18 Å². The Hall–Kier alpha value is -1.44. The normalized spacial score (nSPS) is 11.8. The molecule has 0 N–H and O–H groups in total. The molecule has 90 valence electrons. The molecule has 17 heavy (non-hydrogen) atoms. The third kappa shape index (κ3) is 2.46. The van der Waals surface area contributed by atoms with Crippen molar-refractivity contribution >= 4 is 15.9 Å². The fraction of sp³-hybridized carbons (Fsp3) is 0.222. The van der Waals surface area contributed by atoms with E-state index in [1.54, 1.807) is 0 Å². The summed E-state index contributed by atoms with van der Waals surface area (Å²) >= 11 is 3.14. The zero-order chi connectivity index (χ0) is 12.6. The number of alkyl halides is 3. The van der Waals surface area contributed by atoms with Crippen molar-refractivity contribution in [3.05, 3.63) is 34.3 Å². The third-order valence-corrected chi connectivity index (χ3v) is 2.38. The Kier molecular flexibility index (Phi) is 2.90. The van der Waals surface area contributed by atoms with Crippen LogP contribution in [-0.4, -0.2) is 19.7 Å². The first kappa shape index (κ1) is 12.0. The van der Waals surface area contributed by atoms with Crippen molar-refractivity contribution in [2.75, 3.05) is 0 Å². The average Bonchev–Trinajstić information content (AvgIpc) is 2.61. The molecule has 0 aliphatic carbocycles. The van der Waals surface area contributed by atoms with Gasteiger partial charge in [-0.3, -0.25) is 0 Å². The van der Waals surface area contributed by atoms with E-state index in [4.69, 9.17) is 0 Å². The lowest BCUT2D eigenvalue weighted by atomic mass is 10.4. The molecule has 8 heteroatoms. The summed E-state index contributed by atoms with van der Waals surface area (Å²) in [4.78, 5) is 7.76. The maximum absolute atomic E-state index is 12.4. The predicted molar refractivity (Wildman–Crippen MR) is 56.6 cm³/mol. The van der Waals surface area contributed by atoms with Crippen molar-refractivity contribution in [3.63, 3.8) is 0 Å². The molecule has 0 aromatic carbocycles. The van der Waals surface area contributed by atoms with Crippen LogP contribution in [0.2, 0.25) is 0 Å². The average molecular weight is 307 g/mol. The standard InChI is InChI=1S/C9H6BrF3N4/c1-5-2-7(9(11,12)13)16-17(5)8-14-3-6(10)4-15-8/h2-4H,1H3. The molecule has 0 spiro atoms. The van der Waals surface area contributed by atoms with Crippen LogP contribution in [0.1, 0.15) is 11.4 Å². The Balaban J connectivity index is 2.46. The summed E-state index contributed by atoms with van der Waals surface area (Å²) in [5, 5.41) is 3.43. The zero-order valence-electron chi connectivity index (χ0n) is 8.53. The Labute approximate surface area is 103 Å². The van der Waals surface area contributed by atoms with Gasteiger partial charge in [0.05, 0.1) is 4.47 Å². The van der Waals surface area contributed by atoms with Gasteiger partial charge in [0.25, 0.3) is 5.95 Å². The molecule has 2 aromatic heterocycles. The van der Waals surface area contributed by atoms with Crippen LogP contribution in [0.4, 0.5) is 13.2 Å². The summed E-state index contributed by atoms with van der Waals surface area (Å²) in [7, 11) is 0. The van der Waals surface area contributed by atoms with Gasteiger partial charge < -0.3 is 0 Å². The summed E-state index contributed by atoms with van der Waals surface area (Å²) < 4.78 is 39.0. The Bertz CT molecular complexity index is 532. The summed E-state index contributed by atoms with van der Waals surface area (Å²) in [6.45, 7) is 1.51. The molecule has 0 aliphatic rings. The van der Waals surface area contributed by atoms with Crippen LogP contribution < -0.4 is 0 Å². The van der Waals surface area contributed by atoms with Crippen LogP contribution in [0, 0.1) is 6.92 Å². The molecule has 0 radical (unpaired) electrons. The van der Waals surface area contributed by atoms with Gasteiger partial charge in [-0.1, -0.05) is 0 Å². The fourth-order valence-corrected chi connectivity index (χ4v) is 1.44. The van der Waals surface area contributed by atoms with Crippen molar-refractivity contribution < 1.29 is 13.2 Å². The molecular weight excluding hydrogens is 301 g/mol. The summed E-state index contributed by atoms with van der Waals surface area (Å²) in [6, 6.07) is 0.950. The highest BCUT2D eigenvalue weighted by Gasteiger charge is 2.34. The second-order valence-electron chi connectivity index (χ2n) is 3.28. The maximum Gasteiger partial charge on any atom is 0.435 e. The fourth-order valence-electron chi connectivity index (χ4n) is 1.23. The molecule has 0 aliphatic heterocycles. The molecule has 0 saturated heterocycles. The molecule has 0 bridgehead atoms. The number of aromatic nitrogens is 4. The molecule has 0 amide bonds. The van der Waals surface area contributed by atoms with Crippen LogP contribution in [0.15, 0.2) is 22.9 Å². The van der Waals surface area contributed by atoms with Crippen molar-refractivity contribution in [3.8, 4) is 5.95 Å². The minimum absolute atomic E-state index is 0.0983. The highest BCUT2D eigenvalue weighted by atomic mass is 79.9. The van der Waals surface area contributed by atoms with Gasteiger partial charge in [0.1, 0.15) is 0 Å². The third-order valence-electron chi connectivity index (χ3n) is 1.97. The number of aryl methyl sites for hydroxylation is 1. The van der Waals surface area contributed by atoms with E-state index in [0.717, 1.165) is 10.7 Å². The van der Waals surface area contributed by atoms with E-state index in [2.05, 4.69) is 31.0 Å². The summed E-state index contributed by atoms with van der Waals surface area (Å²) in [5.41, 5.74) is -0.638. The highest BCUT2D eigenvalue weighted by molar-refractivity contribution is 9.10.